The summed E-state index contributed by atoms with van der Waals surface area (Å²) in [7, 11) is 5.03. The minimum absolute atomic E-state index is 0.183. The Bertz CT molecular complexity index is 365. The second-order valence-electron chi connectivity index (χ2n) is 3.88. The third kappa shape index (κ3) is 4.44. The largest absolute Gasteiger partial charge is 0.496 e. The first-order valence-corrected chi connectivity index (χ1v) is 5.54. The van der Waals surface area contributed by atoms with Crippen molar-refractivity contribution in [3.05, 3.63) is 29.8 Å². The van der Waals surface area contributed by atoms with E-state index in [1.54, 1.807) is 7.11 Å². The molecule has 0 heterocycles. The fraction of sp³-hybridized carbons (Fsp3) is 0.462. The van der Waals surface area contributed by atoms with Crippen molar-refractivity contribution >= 4 is 5.97 Å². The highest BCUT2D eigenvalue weighted by molar-refractivity contribution is 5.69. The van der Waals surface area contributed by atoms with Gasteiger partial charge in [0.1, 0.15) is 5.75 Å². The van der Waals surface area contributed by atoms with Crippen LogP contribution in [0.2, 0.25) is 0 Å². The van der Waals surface area contributed by atoms with E-state index in [0.29, 0.717) is 13.0 Å². The zero-order valence-electron chi connectivity index (χ0n) is 10.6. The molecule has 0 spiro atoms. The molecule has 0 aliphatic rings. The Morgan fingerprint density at radius 3 is 2.65 bits per heavy atom. The maximum Gasteiger partial charge on any atom is 0.306 e. The van der Waals surface area contributed by atoms with Crippen LogP contribution in [0.25, 0.3) is 0 Å². The van der Waals surface area contributed by atoms with Crippen LogP contribution in [0, 0.1) is 0 Å². The van der Waals surface area contributed by atoms with E-state index in [-0.39, 0.29) is 5.97 Å². The molecule has 1 aromatic rings. The number of ether oxygens (including phenoxy) is 2. The van der Waals surface area contributed by atoms with E-state index in [1.165, 1.54) is 7.11 Å². The highest BCUT2D eigenvalue weighted by atomic mass is 16.5. The third-order valence-electron chi connectivity index (χ3n) is 2.56. The topological polar surface area (TPSA) is 38.8 Å². The SMILES string of the molecule is COC(=O)CCN(C)Cc1ccccc1OC. The van der Waals surface area contributed by atoms with Crippen LogP contribution in [0.1, 0.15) is 12.0 Å². The second-order valence-corrected chi connectivity index (χ2v) is 3.88. The fourth-order valence-electron chi connectivity index (χ4n) is 1.59. The Morgan fingerprint density at radius 2 is 2.00 bits per heavy atom. The van der Waals surface area contributed by atoms with Gasteiger partial charge in [0.25, 0.3) is 0 Å². The van der Waals surface area contributed by atoms with Gasteiger partial charge in [0.15, 0.2) is 0 Å². The molecule has 0 saturated carbocycles. The first-order valence-electron chi connectivity index (χ1n) is 5.54. The molecule has 0 bridgehead atoms. The van der Waals surface area contributed by atoms with Gasteiger partial charge in [0, 0.05) is 18.7 Å². The molecule has 0 atom stereocenters. The van der Waals surface area contributed by atoms with E-state index >= 15 is 0 Å². The van der Waals surface area contributed by atoms with E-state index in [1.807, 2.05) is 31.3 Å². The number of nitrogens with zero attached hydrogens (tertiary/aromatic N) is 1. The Morgan fingerprint density at radius 1 is 1.29 bits per heavy atom. The molecule has 0 aliphatic heterocycles. The molecule has 0 aromatic heterocycles. The molecule has 94 valence electrons. The monoisotopic (exact) mass is 237 g/mol. The molecule has 0 unspecified atom stereocenters. The summed E-state index contributed by atoms with van der Waals surface area (Å²) >= 11 is 0. The van der Waals surface area contributed by atoms with Gasteiger partial charge in [0.2, 0.25) is 0 Å². The molecular formula is C13H19NO3. The molecule has 4 nitrogen and oxygen atoms in total. The van der Waals surface area contributed by atoms with Crippen LogP contribution in [0.5, 0.6) is 5.75 Å². The van der Waals surface area contributed by atoms with Crippen molar-refractivity contribution in [2.45, 2.75) is 13.0 Å². The summed E-state index contributed by atoms with van der Waals surface area (Å²) in [6, 6.07) is 7.87. The van der Waals surface area contributed by atoms with Crippen LogP contribution in [0.3, 0.4) is 0 Å². The molecule has 1 rings (SSSR count). The predicted octanol–water partition coefficient (Wildman–Crippen LogP) is 1.69. The molecule has 4 heteroatoms. The predicted molar refractivity (Wildman–Crippen MR) is 66.0 cm³/mol. The lowest BCUT2D eigenvalue weighted by atomic mass is 10.2. The first kappa shape index (κ1) is 13.5. The minimum Gasteiger partial charge on any atom is -0.496 e. The van der Waals surface area contributed by atoms with Crippen molar-refractivity contribution in [3.63, 3.8) is 0 Å². The van der Waals surface area contributed by atoms with Gasteiger partial charge in [-0.1, -0.05) is 18.2 Å². The average molecular weight is 237 g/mol. The molecule has 0 N–H and O–H groups in total. The van der Waals surface area contributed by atoms with Gasteiger partial charge in [-0.2, -0.15) is 0 Å². The van der Waals surface area contributed by atoms with Crippen molar-refractivity contribution in [1.82, 2.24) is 4.90 Å². The van der Waals surface area contributed by atoms with Crippen LogP contribution >= 0.6 is 0 Å². The smallest absolute Gasteiger partial charge is 0.306 e. The highest BCUT2D eigenvalue weighted by Crippen LogP contribution is 2.18. The van der Waals surface area contributed by atoms with Crippen LogP contribution in [-0.4, -0.2) is 38.7 Å². The quantitative estimate of drug-likeness (QED) is 0.706. The summed E-state index contributed by atoms with van der Waals surface area (Å²) < 4.78 is 9.88. The van der Waals surface area contributed by atoms with E-state index in [9.17, 15) is 4.79 Å². The number of carbonyl (C=O) groups is 1. The van der Waals surface area contributed by atoms with Crippen LogP contribution < -0.4 is 4.74 Å². The van der Waals surface area contributed by atoms with E-state index in [0.717, 1.165) is 17.9 Å². The van der Waals surface area contributed by atoms with Crippen molar-refractivity contribution in [2.24, 2.45) is 0 Å². The van der Waals surface area contributed by atoms with Gasteiger partial charge in [0.05, 0.1) is 20.6 Å². The molecule has 17 heavy (non-hydrogen) atoms. The highest BCUT2D eigenvalue weighted by Gasteiger charge is 2.07. The summed E-state index contributed by atoms with van der Waals surface area (Å²) in [6.45, 7) is 1.42. The zero-order chi connectivity index (χ0) is 12.7. The van der Waals surface area contributed by atoms with Gasteiger partial charge in [-0.25, -0.2) is 0 Å². The Kier molecular flexibility index (Phi) is 5.49. The number of hydrogen-bond acceptors (Lipinski definition) is 4. The lowest BCUT2D eigenvalue weighted by Gasteiger charge is -2.17. The number of hydrogen-bond donors (Lipinski definition) is 0. The fourth-order valence-corrected chi connectivity index (χ4v) is 1.59. The first-order chi connectivity index (χ1) is 8.17. The van der Waals surface area contributed by atoms with E-state index < -0.39 is 0 Å². The maximum absolute atomic E-state index is 11.0. The molecule has 1 aromatic carbocycles. The molecule has 0 aliphatic carbocycles. The van der Waals surface area contributed by atoms with Gasteiger partial charge < -0.3 is 14.4 Å². The van der Waals surface area contributed by atoms with Crippen molar-refractivity contribution < 1.29 is 14.3 Å². The number of carbonyl (C=O) groups excluding carboxylic acids is 1. The van der Waals surface area contributed by atoms with Gasteiger partial charge in [-0.05, 0) is 13.1 Å². The lowest BCUT2D eigenvalue weighted by molar-refractivity contribution is -0.140. The standard InChI is InChI=1S/C13H19NO3/c1-14(9-8-13(15)17-3)10-11-6-4-5-7-12(11)16-2/h4-7H,8-10H2,1-3H3. The summed E-state index contributed by atoms with van der Waals surface area (Å²) in [5, 5.41) is 0. The second kappa shape index (κ2) is 6.91. The zero-order valence-corrected chi connectivity index (χ0v) is 10.6. The van der Waals surface area contributed by atoms with Crippen molar-refractivity contribution in [3.8, 4) is 5.75 Å². The Labute approximate surface area is 102 Å². The summed E-state index contributed by atoms with van der Waals surface area (Å²) in [4.78, 5) is 13.1. The summed E-state index contributed by atoms with van der Waals surface area (Å²) in [5.41, 5.74) is 1.11. The molecule has 0 radical (unpaired) electrons. The third-order valence-corrected chi connectivity index (χ3v) is 2.56. The van der Waals surface area contributed by atoms with Crippen LogP contribution in [0.15, 0.2) is 24.3 Å². The molecular weight excluding hydrogens is 218 g/mol. The van der Waals surface area contributed by atoms with Crippen LogP contribution in [0.4, 0.5) is 0 Å². The lowest BCUT2D eigenvalue weighted by Crippen LogP contribution is -2.22. The molecule has 0 saturated heterocycles. The number of methoxy groups -OCH3 is 2. The van der Waals surface area contributed by atoms with Gasteiger partial charge in [-0.15, -0.1) is 0 Å². The van der Waals surface area contributed by atoms with Crippen molar-refractivity contribution in [2.75, 3.05) is 27.8 Å². The van der Waals surface area contributed by atoms with E-state index in [2.05, 4.69) is 9.64 Å². The summed E-state index contributed by atoms with van der Waals surface area (Å²) in [6.07, 6.45) is 0.405. The normalized spacial score (nSPS) is 10.4. The number of benzene rings is 1. The Balaban J connectivity index is 2.50. The van der Waals surface area contributed by atoms with Gasteiger partial charge >= 0.3 is 5.97 Å². The van der Waals surface area contributed by atoms with E-state index in [4.69, 9.17) is 4.74 Å². The van der Waals surface area contributed by atoms with Crippen LogP contribution in [-0.2, 0) is 16.1 Å². The molecule has 0 amide bonds. The number of rotatable bonds is 6. The number of esters is 1. The Hall–Kier alpha value is -1.55. The number of para-hydroxylation sites is 1. The summed E-state index contributed by atoms with van der Waals surface area (Å²) in [5.74, 6) is 0.689. The van der Waals surface area contributed by atoms with Gasteiger partial charge in [-0.3, -0.25) is 4.79 Å². The maximum atomic E-state index is 11.0. The average Bonchev–Trinajstić information content (AvgIpc) is 2.36. The minimum atomic E-state index is -0.183. The van der Waals surface area contributed by atoms with Crippen molar-refractivity contribution in [1.29, 1.82) is 0 Å². The molecule has 0 fully saturated rings.